The van der Waals surface area contributed by atoms with E-state index in [-0.39, 0.29) is 22.1 Å². The van der Waals surface area contributed by atoms with Crippen LogP contribution in [0.3, 0.4) is 0 Å². The lowest BCUT2D eigenvalue weighted by molar-refractivity contribution is -0.143. The van der Waals surface area contributed by atoms with Crippen molar-refractivity contribution in [3.05, 3.63) is 0 Å². The van der Waals surface area contributed by atoms with Crippen molar-refractivity contribution in [2.45, 2.75) is 68.5 Å². The number of ketones is 1. The number of Topliss-reactive ketones (excluding diaryl/α,β-unsaturated/α-hetero) is 1. The highest BCUT2D eigenvalue weighted by Crippen LogP contribution is 2.63. The summed E-state index contributed by atoms with van der Waals surface area (Å²) in [6.07, 6.45) is 10.7. The van der Waals surface area contributed by atoms with Gasteiger partial charge < -0.3 is 0 Å². The van der Waals surface area contributed by atoms with Crippen LogP contribution in [-0.2, 0) is 4.79 Å². The van der Waals surface area contributed by atoms with Crippen LogP contribution in [0.1, 0.15) is 57.8 Å². The number of fused-ring (bicyclic) bond motifs is 1. The molecule has 3 aliphatic rings. The summed E-state index contributed by atoms with van der Waals surface area (Å²) in [4.78, 5) is 12.3. The van der Waals surface area contributed by atoms with E-state index >= 15 is 0 Å². The molecule has 2 bridgehead atoms. The van der Waals surface area contributed by atoms with Crippen LogP contribution < -0.4 is 0 Å². The zero-order chi connectivity index (χ0) is 12.8. The molecule has 1 nitrogen and oxygen atoms in total. The van der Waals surface area contributed by atoms with Gasteiger partial charge in [0.2, 0.25) is 0 Å². The van der Waals surface area contributed by atoms with Gasteiger partial charge in [0, 0.05) is 12.3 Å². The van der Waals surface area contributed by atoms with Crippen molar-refractivity contribution >= 4 is 29.0 Å². The molecule has 0 N–H and O–H groups in total. The molecule has 18 heavy (non-hydrogen) atoms. The first-order valence-corrected chi connectivity index (χ1v) is 8.33. The average Bonchev–Trinajstić information content (AvgIpc) is 2.36. The first kappa shape index (κ1) is 13.2. The molecule has 0 aromatic heterocycles. The smallest absolute Gasteiger partial charge is 0.138 e. The van der Waals surface area contributed by atoms with Gasteiger partial charge in [0.1, 0.15) is 5.78 Å². The summed E-state index contributed by atoms with van der Waals surface area (Å²) >= 11 is 12.9. The molecule has 0 amide bonds. The maximum atomic E-state index is 12.3. The number of carbonyl (C=O) groups excluding carboxylic acids is 1. The molecule has 0 heterocycles. The van der Waals surface area contributed by atoms with E-state index < -0.39 is 0 Å². The van der Waals surface area contributed by atoms with E-state index in [0.717, 1.165) is 19.3 Å². The molecule has 0 radical (unpaired) electrons. The van der Waals surface area contributed by atoms with Crippen molar-refractivity contribution in [2.75, 3.05) is 0 Å². The number of rotatable bonds is 0. The van der Waals surface area contributed by atoms with Crippen LogP contribution in [0.4, 0.5) is 0 Å². The van der Waals surface area contributed by atoms with E-state index in [9.17, 15) is 4.79 Å². The fraction of sp³-hybridized carbons (Fsp3) is 0.933. The van der Waals surface area contributed by atoms with Gasteiger partial charge in [0.05, 0.1) is 10.8 Å². The molecule has 1 spiro atoms. The Balaban J connectivity index is 1.84. The number of hydrogen-bond donors (Lipinski definition) is 0. The molecule has 0 aromatic carbocycles. The van der Waals surface area contributed by atoms with Crippen molar-refractivity contribution in [1.29, 1.82) is 0 Å². The molecular weight excluding hydrogens is 267 g/mol. The van der Waals surface area contributed by atoms with Gasteiger partial charge in [-0.1, -0.05) is 38.5 Å². The molecule has 5 atom stereocenters. The van der Waals surface area contributed by atoms with Crippen LogP contribution in [0.5, 0.6) is 0 Å². The topological polar surface area (TPSA) is 17.1 Å². The summed E-state index contributed by atoms with van der Waals surface area (Å²) in [6, 6.07) is 0. The maximum Gasteiger partial charge on any atom is 0.138 e. The van der Waals surface area contributed by atoms with Gasteiger partial charge in [-0.25, -0.2) is 0 Å². The van der Waals surface area contributed by atoms with Crippen LogP contribution in [-0.4, -0.2) is 16.5 Å². The van der Waals surface area contributed by atoms with Crippen molar-refractivity contribution < 1.29 is 4.79 Å². The van der Waals surface area contributed by atoms with Crippen LogP contribution in [0.2, 0.25) is 0 Å². The Labute approximate surface area is 120 Å². The summed E-state index contributed by atoms with van der Waals surface area (Å²) < 4.78 is 0. The Kier molecular flexibility index (Phi) is 3.66. The zero-order valence-corrected chi connectivity index (χ0v) is 12.3. The largest absolute Gasteiger partial charge is 0.299 e. The molecule has 0 aliphatic heterocycles. The van der Waals surface area contributed by atoms with Crippen LogP contribution >= 0.6 is 23.2 Å². The van der Waals surface area contributed by atoms with Gasteiger partial charge in [-0.2, -0.15) is 0 Å². The number of carbonyl (C=O) groups is 1. The summed E-state index contributed by atoms with van der Waals surface area (Å²) in [5, 5.41) is -0.0848. The highest BCUT2D eigenvalue weighted by Gasteiger charge is 2.65. The van der Waals surface area contributed by atoms with Crippen LogP contribution in [0.25, 0.3) is 0 Å². The van der Waals surface area contributed by atoms with E-state index in [2.05, 4.69) is 0 Å². The Morgan fingerprint density at radius 2 is 1.78 bits per heavy atom. The predicted molar refractivity (Wildman–Crippen MR) is 75.3 cm³/mol. The Morgan fingerprint density at radius 1 is 1.06 bits per heavy atom. The van der Waals surface area contributed by atoms with Crippen molar-refractivity contribution in [1.82, 2.24) is 0 Å². The molecule has 3 fully saturated rings. The van der Waals surface area contributed by atoms with Crippen molar-refractivity contribution in [2.24, 2.45) is 17.3 Å². The van der Waals surface area contributed by atoms with Crippen LogP contribution in [0, 0.1) is 17.3 Å². The average molecular weight is 289 g/mol. The third-order valence-electron chi connectivity index (χ3n) is 5.53. The summed E-state index contributed by atoms with van der Waals surface area (Å²) in [7, 11) is 0. The zero-order valence-electron chi connectivity index (χ0n) is 10.8. The standard InChI is InChI=1S/C15H22Cl2O/c16-13-12-11(18)8-10-6-4-2-1-3-5-7-15(12,9-10)14(13)17/h10,12-14H,1-9H2/t10-,12+,13-,14-,15+/m0/s1. The van der Waals surface area contributed by atoms with E-state index in [1.807, 2.05) is 0 Å². The molecule has 3 saturated carbocycles. The number of alkyl halides is 2. The lowest BCUT2D eigenvalue weighted by Gasteiger charge is -2.60. The molecule has 3 rings (SSSR count). The Bertz CT molecular complexity index is 343. The van der Waals surface area contributed by atoms with Gasteiger partial charge >= 0.3 is 0 Å². The second-order valence-electron chi connectivity index (χ2n) is 6.60. The minimum absolute atomic E-state index is 0.0235. The van der Waals surface area contributed by atoms with Gasteiger partial charge in [-0.3, -0.25) is 4.79 Å². The third kappa shape index (κ3) is 1.93. The normalized spacial score (nSPS) is 49.1. The molecule has 102 valence electrons. The van der Waals surface area contributed by atoms with Gasteiger partial charge in [0.15, 0.2) is 0 Å². The second kappa shape index (κ2) is 4.98. The van der Waals surface area contributed by atoms with Gasteiger partial charge in [-0.05, 0) is 24.2 Å². The summed E-state index contributed by atoms with van der Waals surface area (Å²) in [5.74, 6) is 1.05. The quantitative estimate of drug-likeness (QED) is 0.598. The number of hydrogen-bond acceptors (Lipinski definition) is 1. The fourth-order valence-electron chi connectivity index (χ4n) is 4.63. The minimum atomic E-state index is -0.108. The highest BCUT2D eigenvalue weighted by atomic mass is 35.5. The van der Waals surface area contributed by atoms with E-state index in [0.29, 0.717) is 11.7 Å². The minimum Gasteiger partial charge on any atom is -0.299 e. The molecular formula is C15H22Cl2O. The molecule has 0 unspecified atom stereocenters. The molecule has 0 aromatic rings. The Morgan fingerprint density at radius 3 is 2.61 bits per heavy atom. The first-order valence-electron chi connectivity index (χ1n) is 7.46. The summed E-state index contributed by atoms with van der Waals surface area (Å²) in [6.45, 7) is 0. The first-order chi connectivity index (χ1) is 8.65. The SMILES string of the molecule is O=C1C[C@@H]2CCCCCCC[C@@]3(C2)[C@H]1[C@H](Cl)[C@@H]3Cl. The number of halogens is 2. The Hall–Kier alpha value is 0.250. The maximum absolute atomic E-state index is 12.3. The van der Waals surface area contributed by atoms with Gasteiger partial charge in [0.25, 0.3) is 0 Å². The summed E-state index contributed by atoms with van der Waals surface area (Å²) in [5.41, 5.74) is 0.0608. The highest BCUT2D eigenvalue weighted by molar-refractivity contribution is 6.33. The van der Waals surface area contributed by atoms with E-state index in [4.69, 9.17) is 23.2 Å². The van der Waals surface area contributed by atoms with E-state index in [1.54, 1.807) is 0 Å². The lowest BCUT2D eigenvalue weighted by Crippen LogP contribution is -2.65. The van der Waals surface area contributed by atoms with Gasteiger partial charge in [-0.15, -0.1) is 23.2 Å². The molecule has 3 heteroatoms. The van der Waals surface area contributed by atoms with Crippen LogP contribution in [0.15, 0.2) is 0 Å². The fourth-order valence-corrected chi connectivity index (χ4v) is 5.75. The lowest BCUT2D eigenvalue weighted by atomic mass is 9.48. The van der Waals surface area contributed by atoms with E-state index in [1.165, 1.54) is 38.5 Å². The van der Waals surface area contributed by atoms with Crippen molar-refractivity contribution in [3.63, 3.8) is 0 Å². The predicted octanol–water partition coefficient (Wildman–Crippen LogP) is 4.54. The monoisotopic (exact) mass is 288 g/mol. The van der Waals surface area contributed by atoms with Crippen molar-refractivity contribution in [3.8, 4) is 0 Å². The molecule has 0 saturated heterocycles. The third-order valence-corrected chi connectivity index (χ3v) is 6.87. The molecule has 3 aliphatic carbocycles. The second-order valence-corrected chi connectivity index (χ2v) is 7.58.